The molecule has 0 aliphatic heterocycles. The Morgan fingerprint density at radius 3 is 1.83 bits per heavy atom. The minimum atomic E-state index is 0.907. The van der Waals surface area contributed by atoms with E-state index in [0.717, 1.165) is 68.4 Å². The molecule has 1 aromatic heterocycles. The normalized spacial score (nSPS) is 12.1. The fraction of sp³-hybridized carbons (Fsp3) is 0.127. The predicted molar refractivity (Wildman–Crippen MR) is 250 cm³/mol. The molecule has 9 aromatic rings. The Hall–Kier alpha value is -6.84. The molecule has 1 heterocycles. The molecule has 0 spiro atoms. The summed E-state index contributed by atoms with van der Waals surface area (Å²) in [7, 11) is 0. The summed E-state index contributed by atoms with van der Waals surface area (Å²) in [5.74, 6) is 0.907. The second-order valence-electron chi connectivity index (χ2n) is 15.6. The van der Waals surface area contributed by atoms with Crippen LogP contribution in [0.1, 0.15) is 48.8 Å². The quantitative estimate of drug-likeness (QED) is 0.102. The number of para-hydroxylation sites is 1. The smallest absolute Gasteiger partial charge is 0.142 e. The van der Waals surface area contributed by atoms with Gasteiger partial charge in [0.25, 0.3) is 0 Å². The number of benzene rings is 8. The van der Waals surface area contributed by atoms with Gasteiger partial charge in [-0.05, 0) is 122 Å². The van der Waals surface area contributed by atoms with Gasteiger partial charge in [0, 0.05) is 50.1 Å². The van der Waals surface area contributed by atoms with Crippen molar-refractivity contribution >= 4 is 72.1 Å². The number of rotatable bonds is 10. The third-order valence-corrected chi connectivity index (χ3v) is 11.7. The van der Waals surface area contributed by atoms with Crippen LogP contribution in [0.4, 0.5) is 22.7 Å². The topological polar surface area (TPSA) is 19.6 Å². The Balaban J connectivity index is 1.18. The lowest BCUT2D eigenvalue weighted by molar-refractivity contribution is 0.578. The van der Waals surface area contributed by atoms with Crippen LogP contribution in [-0.4, -0.2) is 0 Å². The van der Waals surface area contributed by atoms with E-state index in [9.17, 15) is 0 Å². The first-order chi connectivity index (χ1) is 28.2. The van der Waals surface area contributed by atoms with Gasteiger partial charge in [0.1, 0.15) is 11.3 Å². The van der Waals surface area contributed by atoms with E-state index < -0.39 is 0 Å². The summed E-state index contributed by atoms with van der Waals surface area (Å²) in [5, 5.41) is 8.52. The summed E-state index contributed by atoms with van der Waals surface area (Å²) in [4.78, 5) is 4.68. The van der Waals surface area contributed by atoms with Crippen LogP contribution in [0.3, 0.4) is 0 Å². The average Bonchev–Trinajstić information content (AvgIpc) is 3.56. The largest absolute Gasteiger partial charge is 0.460 e. The van der Waals surface area contributed by atoms with Gasteiger partial charge in [0.05, 0.1) is 11.4 Å². The van der Waals surface area contributed by atoms with Crippen molar-refractivity contribution in [1.82, 2.24) is 0 Å². The zero-order valence-corrected chi connectivity index (χ0v) is 34.2. The molecule has 3 nitrogen and oxygen atoms in total. The van der Waals surface area contributed by atoms with Crippen molar-refractivity contribution in [2.45, 2.75) is 48.0 Å². The molecule has 0 saturated heterocycles. The van der Waals surface area contributed by atoms with Crippen LogP contribution in [0.25, 0.3) is 60.5 Å². The highest BCUT2D eigenvalue weighted by Gasteiger charge is 2.21. The van der Waals surface area contributed by atoms with Crippen molar-refractivity contribution in [3.63, 3.8) is 0 Å². The van der Waals surface area contributed by atoms with Crippen molar-refractivity contribution in [3.05, 3.63) is 198 Å². The second kappa shape index (κ2) is 14.9. The molecule has 0 bridgehead atoms. The third-order valence-electron chi connectivity index (χ3n) is 11.7. The highest BCUT2D eigenvalue weighted by atomic mass is 16.3. The van der Waals surface area contributed by atoms with E-state index in [1.807, 2.05) is 0 Å². The molecule has 0 radical (unpaired) electrons. The van der Waals surface area contributed by atoms with E-state index in [-0.39, 0.29) is 0 Å². The van der Waals surface area contributed by atoms with Crippen LogP contribution in [0.15, 0.2) is 174 Å². The standard InChI is InChI=1S/C55H48N2O/c1-8-40-21-29-44(30-22-40)57(38(6)14-11-16-46-39(7)58-55-47(17-12-18-48(46)55)45-15-10-9-13-37(45)5)52-34-26-42-23-31-49-51(33-25-41-24-32-50(52)54(42)53(41)49)56(35(2)3)43-27-19-36(4)20-28-43/h9-34H,2,8H2,1,3-7H3/b16-11-,38-14+. The van der Waals surface area contributed by atoms with Gasteiger partial charge in [0.15, 0.2) is 0 Å². The van der Waals surface area contributed by atoms with E-state index in [1.165, 1.54) is 54.6 Å². The van der Waals surface area contributed by atoms with Crippen molar-refractivity contribution in [1.29, 1.82) is 0 Å². The maximum absolute atomic E-state index is 6.48. The zero-order chi connectivity index (χ0) is 40.1. The molecule has 0 amide bonds. The van der Waals surface area contributed by atoms with Crippen LogP contribution in [0, 0.1) is 20.8 Å². The molecular formula is C55H48N2O. The molecule has 0 N–H and O–H groups in total. The Bertz CT molecular complexity index is 3050. The van der Waals surface area contributed by atoms with Crippen LogP contribution < -0.4 is 9.80 Å². The number of hydrogen-bond acceptors (Lipinski definition) is 3. The summed E-state index contributed by atoms with van der Waals surface area (Å²) in [6, 6.07) is 50.9. The van der Waals surface area contributed by atoms with Crippen LogP contribution in [-0.2, 0) is 6.42 Å². The first-order valence-corrected chi connectivity index (χ1v) is 20.3. The van der Waals surface area contributed by atoms with Gasteiger partial charge in [0.2, 0.25) is 0 Å². The number of allylic oxidation sites excluding steroid dienone is 4. The van der Waals surface area contributed by atoms with Crippen molar-refractivity contribution in [2.75, 3.05) is 9.80 Å². The summed E-state index contributed by atoms with van der Waals surface area (Å²) in [5.41, 5.74) is 14.7. The maximum atomic E-state index is 6.48. The minimum Gasteiger partial charge on any atom is -0.460 e. The fourth-order valence-corrected chi connectivity index (χ4v) is 8.74. The highest BCUT2D eigenvalue weighted by molar-refractivity contribution is 6.27. The van der Waals surface area contributed by atoms with Gasteiger partial charge < -0.3 is 14.2 Å². The lowest BCUT2D eigenvalue weighted by atomic mass is 9.91. The van der Waals surface area contributed by atoms with Gasteiger partial charge in [-0.2, -0.15) is 0 Å². The van der Waals surface area contributed by atoms with Gasteiger partial charge in [-0.1, -0.05) is 134 Å². The van der Waals surface area contributed by atoms with Gasteiger partial charge in [-0.25, -0.2) is 0 Å². The molecule has 0 aliphatic rings. The monoisotopic (exact) mass is 752 g/mol. The van der Waals surface area contributed by atoms with Crippen molar-refractivity contribution < 1.29 is 4.42 Å². The summed E-state index contributed by atoms with van der Waals surface area (Å²) >= 11 is 0. The lowest BCUT2D eigenvalue weighted by Crippen LogP contribution is -2.15. The molecule has 58 heavy (non-hydrogen) atoms. The number of anilines is 4. The molecular weight excluding hydrogens is 705 g/mol. The molecule has 9 rings (SSSR count). The van der Waals surface area contributed by atoms with E-state index in [2.05, 4.69) is 216 Å². The van der Waals surface area contributed by atoms with Crippen LogP contribution in [0.5, 0.6) is 0 Å². The second-order valence-corrected chi connectivity index (χ2v) is 15.6. The van der Waals surface area contributed by atoms with Gasteiger partial charge >= 0.3 is 0 Å². The predicted octanol–water partition coefficient (Wildman–Crippen LogP) is 15.9. The first-order valence-electron chi connectivity index (χ1n) is 20.3. The number of hydrogen-bond donors (Lipinski definition) is 0. The SMILES string of the molecule is C=C(C)N(c1ccc(C)cc1)c1ccc2ccc3c(N(/C(C)=C/C=C\c4c(C)oc5c(-c6ccccc6C)cccc45)c4ccc(CC)cc4)ccc4ccc1c2c43. The van der Waals surface area contributed by atoms with E-state index >= 15 is 0 Å². The molecule has 0 saturated carbocycles. The molecule has 284 valence electrons. The number of fused-ring (bicyclic) bond motifs is 1. The third kappa shape index (κ3) is 6.33. The molecule has 3 heteroatoms. The summed E-state index contributed by atoms with van der Waals surface area (Å²) < 4.78 is 6.48. The van der Waals surface area contributed by atoms with E-state index in [0.29, 0.717) is 0 Å². The first kappa shape index (κ1) is 36.8. The highest BCUT2D eigenvalue weighted by Crippen LogP contribution is 2.46. The number of furan rings is 1. The Morgan fingerprint density at radius 2 is 1.19 bits per heavy atom. The maximum Gasteiger partial charge on any atom is 0.142 e. The fourth-order valence-electron chi connectivity index (χ4n) is 8.74. The Morgan fingerprint density at radius 1 is 0.603 bits per heavy atom. The summed E-state index contributed by atoms with van der Waals surface area (Å²) in [6.45, 7) is 17.3. The molecule has 0 atom stereocenters. The molecule has 0 aliphatic carbocycles. The Labute approximate surface area is 341 Å². The van der Waals surface area contributed by atoms with Crippen LogP contribution >= 0.6 is 0 Å². The molecule has 0 fully saturated rings. The lowest BCUT2D eigenvalue weighted by Gasteiger charge is -2.29. The minimum absolute atomic E-state index is 0.907. The Kier molecular flexibility index (Phi) is 9.46. The zero-order valence-electron chi connectivity index (χ0n) is 34.2. The van der Waals surface area contributed by atoms with Gasteiger partial charge in [-0.15, -0.1) is 0 Å². The average molecular weight is 753 g/mol. The molecule has 8 aromatic carbocycles. The van der Waals surface area contributed by atoms with Crippen molar-refractivity contribution in [3.8, 4) is 11.1 Å². The van der Waals surface area contributed by atoms with E-state index in [1.54, 1.807) is 0 Å². The molecule has 0 unspecified atom stereocenters. The van der Waals surface area contributed by atoms with Gasteiger partial charge in [-0.3, -0.25) is 0 Å². The van der Waals surface area contributed by atoms with E-state index in [4.69, 9.17) is 4.42 Å². The number of aryl methyl sites for hydroxylation is 4. The summed E-state index contributed by atoms with van der Waals surface area (Å²) in [6.07, 6.45) is 7.57. The van der Waals surface area contributed by atoms with Crippen LogP contribution in [0.2, 0.25) is 0 Å². The number of nitrogens with zero attached hydrogens (tertiary/aromatic N) is 2. The van der Waals surface area contributed by atoms with Crippen molar-refractivity contribution in [2.24, 2.45) is 0 Å².